The number of rotatable bonds is 10. The average Bonchev–Trinajstić information content (AvgIpc) is 3.56. The Hall–Kier alpha value is -1.54. The maximum Gasteiger partial charge on any atom is 0.307 e. The lowest BCUT2D eigenvalue weighted by Crippen LogP contribution is -2.30. The Morgan fingerprint density at radius 2 is 2.00 bits per heavy atom. The highest BCUT2D eigenvalue weighted by Gasteiger charge is 2.31. The highest BCUT2D eigenvalue weighted by atomic mass is 127. The number of carbonyl (C=O) groups is 1. The smallest absolute Gasteiger partial charge is 0.270 e. The van der Waals surface area contributed by atoms with Gasteiger partial charge in [0.25, 0.3) is 0 Å². The Morgan fingerprint density at radius 3 is 2.58 bits per heavy atom. The maximum atomic E-state index is 13.4. The predicted octanol–water partition coefficient (Wildman–Crippen LogP) is 8.29. The minimum Gasteiger partial charge on any atom is -0.270 e. The van der Waals surface area contributed by atoms with E-state index in [0.29, 0.717) is 11.8 Å². The number of amides is 1. The van der Waals surface area contributed by atoms with E-state index < -0.39 is 0 Å². The number of anilines is 1. The van der Waals surface area contributed by atoms with Crippen LogP contribution in [0.1, 0.15) is 96.6 Å². The van der Waals surface area contributed by atoms with Gasteiger partial charge < -0.3 is 0 Å². The Balaban J connectivity index is 2.63. The first-order valence-corrected chi connectivity index (χ1v) is 12.9. The number of halogens is 1. The van der Waals surface area contributed by atoms with Gasteiger partial charge in [-0.05, 0) is 116 Å². The van der Waals surface area contributed by atoms with Crippen molar-refractivity contribution in [2.24, 2.45) is 5.92 Å². The molecule has 1 fully saturated rings. The molecule has 1 aromatic carbocycles. The SMILES string of the molecule is CC#CC(=O)N(C(/C=C(\C)CCCCC)=C/C(C)CC)c1cc(C)c(I)cc1C1CC1. The van der Waals surface area contributed by atoms with Crippen LogP contribution in [0.5, 0.6) is 0 Å². The van der Waals surface area contributed by atoms with Gasteiger partial charge in [0, 0.05) is 9.27 Å². The standard InChI is InChI=1S/C28H38INO/c1-7-10-11-13-21(5)17-24(16-20(4)9-3)30(28(31)12-8-2)27-18-22(6)26(29)19-25(27)23-14-15-23/h16-20,23H,7,9-11,13-15H2,1-6H3/b21-17+,24-16+. The van der Waals surface area contributed by atoms with Crippen LogP contribution in [0.3, 0.4) is 0 Å². The summed E-state index contributed by atoms with van der Waals surface area (Å²) in [6, 6.07) is 4.47. The molecule has 1 amide bonds. The average molecular weight is 532 g/mol. The fourth-order valence-corrected chi connectivity index (χ4v) is 4.19. The second-order valence-corrected chi connectivity index (χ2v) is 10.0. The van der Waals surface area contributed by atoms with Crippen molar-refractivity contribution in [3.05, 3.63) is 50.3 Å². The molecule has 168 valence electrons. The summed E-state index contributed by atoms with van der Waals surface area (Å²) >= 11 is 2.41. The first kappa shape index (κ1) is 25.7. The van der Waals surface area contributed by atoms with Crippen LogP contribution in [-0.2, 0) is 4.79 Å². The number of benzene rings is 1. The summed E-state index contributed by atoms with van der Waals surface area (Å²) in [5.41, 5.74) is 5.79. The summed E-state index contributed by atoms with van der Waals surface area (Å²) < 4.78 is 1.26. The molecule has 1 aliphatic rings. The van der Waals surface area contributed by atoms with Gasteiger partial charge in [0.05, 0.1) is 5.69 Å². The van der Waals surface area contributed by atoms with Gasteiger partial charge in [-0.15, -0.1) is 0 Å². The summed E-state index contributed by atoms with van der Waals surface area (Å²) in [7, 11) is 0. The van der Waals surface area contributed by atoms with Crippen LogP contribution < -0.4 is 4.90 Å². The van der Waals surface area contributed by atoms with E-state index in [-0.39, 0.29) is 5.91 Å². The van der Waals surface area contributed by atoms with E-state index in [1.807, 2.05) is 4.90 Å². The fraction of sp³-hybridized carbons (Fsp3) is 0.536. The Labute approximate surface area is 203 Å². The van der Waals surface area contributed by atoms with Crippen molar-refractivity contribution in [2.75, 3.05) is 4.90 Å². The van der Waals surface area contributed by atoms with E-state index in [1.54, 1.807) is 6.92 Å². The molecule has 0 aromatic heterocycles. The molecule has 1 aromatic rings. The number of carbonyl (C=O) groups excluding carboxylic acids is 1. The summed E-state index contributed by atoms with van der Waals surface area (Å²) in [6.45, 7) is 12.7. The minimum atomic E-state index is -0.142. The molecule has 0 aliphatic heterocycles. The molecule has 0 radical (unpaired) electrons. The van der Waals surface area contributed by atoms with Crippen LogP contribution in [-0.4, -0.2) is 5.91 Å². The zero-order chi connectivity index (χ0) is 23.0. The summed E-state index contributed by atoms with van der Waals surface area (Å²) in [5, 5.41) is 0. The highest BCUT2D eigenvalue weighted by Crippen LogP contribution is 2.46. The topological polar surface area (TPSA) is 20.3 Å². The highest BCUT2D eigenvalue weighted by molar-refractivity contribution is 14.1. The third-order valence-electron chi connectivity index (χ3n) is 5.93. The molecule has 0 N–H and O–H groups in total. The van der Waals surface area contributed by atoms with E-state index >= 15 is 0 Å². The van der Waals surface area contributed by atoms with Crippen molar-refractivity contribution >= 4 is 34.2 Å². The maximum absolute atomic E-state index is 13.4. The van der Waals surface area contributed by atoms with Crippen molar-refractivity contribution in [3.63, 3.8) is 0 Å². The molecule has 0 bridgehead atoms. The molecule has 1 aliphatic carbocycles. The van der Waals surface area contributed by atoms with Gasteiger partial charge in [-0.1, -0.05) is 57.6 Å². The lowest BCUT2D eigenvalue weighted by Gasteiger charge is -2.27. The zero-order valence-electron chi connectivity index (χ0n) is 20.1. The molecule has 1 atom stereocenters. The van der Waals surface area contributed by atoms with E-state index in [9.17, 15) is 4.79 Å². The zero-order valence-corrected chi connectivity index (χ0v) is 22.3. The van der Waals surface area contributed by atoms with E-state index in [2.05, 4.69) is 93.3 Å². The first-order valence-electron chi connectivity index (χ1n) is 11.8. The van der Waals surface area contributed by atoms with Crippen LogP contribution in [0.15, 0.2) is 35.6 Å². The lowest BCUT2D eigenvalue weighted by atomic mass is 10.0. The number of hydrogen-bond acceptors (Lipinski definition) is 1. The molecule has 2 nitrogen and oxygen atoms in total. The van der Waals surface area contributed by atoms with Gasteiger partial charge in [-0.3, -0.25) is 9.69 Å². The van der Waals surface area contributed by atoms with Crippen LogP contribution in [0.4, 0.5) is 5.69 Å². The van der Waals surface area contributed by atoms with Gasteiger partial charge >= 0.3 is 5.91 Å². The molecule has 0 saturated heterocycles. The van der Waals surface area contributed by atoms with Crippen molar-refractivity contribution in [2.45, 2.75) is 92.4 Å². The number of hydrogen-bond donors (Lipinski definition) is 0. The molecule has 0 spiro atoms. The van der Waals surface area contributed by atoms with E-state index in [0.717, 1.165) is 24.2 Å². The van der Waals surface area contributed by atoms with Crippen molar-refractivity contribution in [1.29, 1.82) is 0 Å². The van der Waals surface area contributed by atoms with Crippen molar-refractivity contribution in [3.8, 4) is 11.8 Å². The second kappa shape index (κ2) is 12.5. The van der Waals surface area contributed by atoms with Gasteiger partial charge in [0.15, 0.2) is 0 Å². The molecular weight excluding hydrogens is 493 g/mol. The fourth-order valence-electron chi connectivity index (χ4n) is 3.70. The first-order chi connectivity index (χ1) is 14.8. The second-order valence-electron chi connectivity index (χ2n) is 8.87. The quantitative estimate of drug-likeness (QED) is 0.129. The predicted molar refractivity (Wildman–Crippen MR) is 142 cm³/mol. The van der Waals surface area contributed by atoms with Crippen LogP contribution >= 0.6 is 22.6 Å². The Morgan fingerprint density at radius 1 is 1.29 bits per heavy atom. The van der Waals surface area contributed by atoms with Crippen LogP contribution in [0, 0.1) is 28.3 Å². The van der Waals surface area contributed by atoms with Crippen molar-refractivity contribution < 1.29 is 4.79 Å². The normalized spacial score (nSPS) is 15.3. The Kier molecular flexibility index (Phi) is 10.4. The largest absolute Gasteiger partial charge is 0.307 e. The molecule has 2 rings (SSSR count). The summed E-state index contributed by atoms with van der Waals surface area (Å²) in [4.78, 5) is 15.3. The molecule has 1 unspecified atom stereocenters. The van der Waals surface area contributed by atoms with Crippen LogP contribution in [0.25, 0.3) is 0 Å². The molecule has 1 saturated carbocycles. The van der Waals surface area contributed by atoms with Crippen molar-refractivity contribution in [1.82, 2.24) is 0 Å². The monoisotopic (exact) mass is 531 g/mol. The molecule has 0 heterocycles. The molecular formula is C28H38INO. The third-order valence-corrected chi connectivity index (χ3v) is 7.09. The summed E-state index contributed by atoms with van der Waals surface area (Å²) in [6.07, 6.45) is 12.6. The minimum absolute atomic E-state index is 0.142. The van der Waals surface area contributed by atoms with Gasteiger partial charge in [0.2, 0.25) is 0 Å². The number of unbranched alkanes of at least 4 members (excludes halogenated alkanes) is 2. The van der Waals surface area contributed by atoms with E-state index in [4.69, 9.17) is 0 Å². The number of allylic oxidation sites excluding steroid dienone is 3. The van der Waals surface area contributed by atoms with Gasteiger partial charge in [0.1, 0.15) is 0 Å². The van der Waals surface area contributed by atoms with Crippen LogP contribution in [0.2, 0.25) is 0 Å². The van der Waals surface area contributed by atoms with Gasteiger partial charge in [-0.25, -0.2) is 0 Å². The third kappa shape index (κ3) is 7.52. The lowest BCUT2D eigenvalue weighted by molar-refractivity contribution is -0.112. The van der Waals surface area contributed by atoms with Gasteiger partial charge in [-0.2, -0.15) is 0 Å². The Bertz CT molecular complexity index is 896. The molecule has 3 heteroatoms. The summed E-state index contributed by atoms with van der Waals surface area (Å²) in [5.74, 6) is 6.45. The molecule has 31 heavy (non-hydrogen) atoms. The number of nitrogens with zero attached hydrogens (tertiary/aromatic N) is 1. The van der Waals surface area contributed by atoms with E-state index in [1.165, 1.54) is 52.4 Å². The number of aryl methyl sites for hydroxylation is 1.